The Hall–Kier alpha value is -2.41. The molecule has 6 nitrogen and oxygen atoms in total. The van der Waals surface area contributed by atoms with Crippen LogP contribution in [0.2, 0.25) is 5.02 Å². The van der Waals surface area contributed by atoms with Crippen molar-refractivity contribution in [3.05, 3.63) is 64.8 Å². The Bertz CT molecular complexity index is 1140. The first-order valence-corrected chi connectivity index (χ1v) is 12.4. The van der Waals surface area contributed by atoms with Crippen LogP contribution in [0.15, 0.2) is 48.5 Å². The van der Waals surface area contributed by atoms with E-state index in [-0.39, 0.29) is 11.9 Å². The lowest BCUT2D eigenvalue weighted by Crippen LogP contribution is -2.60. The number of nitrogens with zero attached hydrogens (tertiary/aromatic N) is 3. The van der Waals surface area contributed by atoms with Crippen LogP contribution in [-0.4, -0.2) is 51.9 Å². The van der Waals surface area contributed by atoms with Crippen molar-refractivity contribution in [2.24, 2.45) is 5.92 Å². The molecule has 0 radical (unpaired) electrons. The fraction of sp³-hybridized carbons (Fsp3) is 0.462. The van der Waals surface area contributed by atoms with Crippen molar-refractivity contribution in [1.29, 1.82) is 0 Å². The van der Waals surface area contributed by atoms with E-state index in [1.807, 2.05) is 35.0 Å². The molecule has 1 aliphatic carbocycles. The van der Waals surface area contributed by atoms with Crippen LogP contribution in [0.25, 0.3) is 10.9 Å². The number of halogens is 1. The van der Waals surface area contributed by atoms with Crippen LogP contribution in [0.5, 0.6) is 0 Å². The van der Waals surface area contributed by atoms with Crippen molar-refractivity contribution >= 4 is 28.4 Å². The van der Waals surface area contributed by atoms with Crippen LogP contribution in [0.1, 0.15) is 41.7 Å². The van der Waals surface area contributed by atoms with Crippen molar-refractivity contribution in [2.75, 3.05) is 13.2 Å². The molecular formula is C26H29ClN4O2. The summed E-state index contributed by atoms with van der Waals surface area (Å²) in [6.07, 6.45) is 4.29. The van der Waals surface area contributed by atoms with E-state index < -0.39 is 0 Å². The largest absolute Gasteiger partial charge is 0.378 e. The zero-order chi connectivity index (χ0) is 22.4. The zero-order valence-electron chi connectivity index (χ0n) is 18.6. The quantitative estimate of drug-likeness (QED) is 0.592. The number of morpholine rings is 1. The Balaban J connectivity index is 1.17. The number of rotatable bonds is 6. The maximum absolute atomic E-state index is 13.3. The van der Waals surface area contributed by atoms with Gasteiger partial charge in [-0.1, -0.05) is 41.9 Å². The first-order chi connectivity index (χ1) is 16.1. The van der Waals surface area contributed by atoms with E-state index in [9.17, 15) is 4.79 Å². The summed E-state index contributed by atoms with van der Waals surface area (Å²) < 4.78 is 7.90. The molecule has 2 bridgehead atoms. The first kappa shape index (κ1) is 21.1. The third kappa shape index (κ3) is 4.39. The number of ether oxygens (including phenoxy) is 1. The van der Waals surface area contributed by atoms with Gasteiger partial charge in [0, 0.05) is 41.6 Å². The fourth-order valence-electron chi connectivity index (χ4n) is 5.40. The number of carbonyl (C=O) groups is 1. The number of hydrogen-bond acceptors (Lipinski definition) is 4. The molecule has 172 valence electrons. The molecule has 3 aliphatic rings. The number of piperidine rings is 1. The van der Waals surface area contributed by atoms with E-state index in [0.29, 0.717) is 36.9 Å². The average Bonchev–Trinajstić information content (AvgIpc) is 3.55. The standard InChI is InChI=1S/C26H29ClN4O2/c27-19-9-7-17(8-10-19)13-30-21-11-20(12-22(30)16-33-15-21)28-26(32)25-23-3-1-2-4-24(23)31(29-25)14-18-5-6-18/h1-4,7-10,18,20-22H,5-6,11-16H2,(H,28,32). The lowest BCUT2D eigenvalue weighted by molar-refractivity contribution is -0.0843. The Morgan fingerprint density at radius 3 is 2.52 bits per heavy atom. The van der Waals surface area contributed by atoms with E-state index >= 15 is 0 Å². The Morgan fingerprint density at radius 1 is 1.06 bits per heavy atom. The highest BCUT2D eigenvalue weighted by molar-refractivity contribution is 6.30. The van der Waals surface area contributed by atoms with E-state index in [1.54, 1.807) is 0 Å². The van der Waals surface area contributed by atoms with E-state index in [1.165, 1.54) is 18.4 Å². The lowest BCUT2D eigenvalue weighted by Gasteiger charge is -2.48. The van der Waals surface area contributed by atoms with Gasteiger partial charge < -0.3 is 10.1 Å². The maximum atomic E-state index is 13.3. The van der Waals surface area contributed by atoms with Gasteiger partial charge in [-0.3, -0.25) is 14.4 Å². The number of aromatic nitrogens is 2. The second-order valence-electron chi connectivity index (χ2n) is 9.78. The van der Waals surface area contributed by atoms with Gasteiger partial charge in [0.2, 0.25) is 0 Å². The molecule has 3 fully saturated rings. The average molecular weight is 465 g/mol. The van der Waals surface area contributed by atoms with Gasteiger partial charge in [0.15, 0.2) is 5.69 Å². The summed E-state index contributed by atoms with van der Waals surface area (Å²) in [7, 11) is 0. The molecule has 2 aromatic carbocycles. The van der Waals surface area contributed by atoms with Crippen molar-refractivity contribution in [3.8, 4) is 0 Å². The molecule has 1 N–H and O–H groups in total. The van der Waals surface area contributed by atoms with Crippen molar-refractivity contribution in [2.45, 2.75) is 56.9 Å². The molecule has 6 rings (SSSR count). The zero-order valence-corrected chi connectivity index (χ0v) is 19.4. The third-order valence-corrected chi connectivity index (χ3v) is 7.54. The lowest BCUT2D eigenvalue weighted by atomic mass is 9.89. The molecule has 3 aromatic rings. The number of fused-ring (bicyclic) bond motifs is 3. The number of amides is 1. The normalized spacial score (nSPS) is 25.3. The SMILES string of the molecule is O=C(NC1CC2COCC(C1)N2Cc1ccc(Cl)cc1)c1nn(CC2CC2)c2ccccc12. The van der Waals surface area contributed by atoms with Gasteiger partial charge in [-0.25, -0.2) is 0 Å². The fourth-order valence-corrected chi connectivity index (χ4v) is 5.53. The Morgan fingerprint density at radius 2 is 1.79 bits per heavy atom. The number of nitrogens with one attached hydrogen (secondary N) is 1. The monoisotopic (exact) mass is 464 g/mol. The summed E-state index contributed by atoms with van der Waals surface area (Å²) in [6.45, 7) is 3.19. The summed E-state index contributed by atoms with van der Waals surface area (Å²) in [5.41, 5.74) is 2.86. The van der Waals surface area contributed by atoms with Gasteiger partial charge in [-0.15, -0.1) is 0 Å². The van der Waals surface area contributed by atoms with Gasteiger partial charge in [0.1, 0.15) is 0 Å². The van der Waals surface area contributed by atoms with Gasteiger partial charge in [-0.2, -0.15) is 5.10 Å². The molecule has 3 heterocycles. The molecule has 33 heavy (non-hydrogen) atoms. The van der Waals surface area contributed by atoms with Gasteiger partial charge in [-0.05, 0) is 55.4 Å². The molecule has 7 heteroatoms. The molecular weight excluding hydrogens is 436 g/mol. The number of para-hydroxylation sites is 1. The first-order valence-electron chi connectivity index (χ1n) is 12.0. The Kier molecular flexibility index (Phi) is 5.60. The second-order valence-corrected chi connectivity index (χ2v) is 10.2. The van der Waals surface area contributed by atoms with E-state index in [0.717, 1.165) is 41.9 Å². The second kappa shape index (κ2) is 8.75. The highest BCUT2D eigenvalue weighted by Gasteiger charge is 2.39. The molecule has 1 aromatic heterocycles. The summed E-state index contributed by atoms with van der Waals surface area (Å²) in [4.78, 5) is 15.9. The predicted octanol–water partition coefficient (Wildman–Crippen LogP) is 4.26. The predicted molar refractivity (Wildman–Crippen MR) is 128 cm³/mol. The van der Waals surface area contributed by atoms with Crippen LogP contribution < -0.4 is 5.32 Å². The summed E-state index contributed by atoms with van der Waals surface area (Å²) in [5, 5.41) is 9.76. The van der Waals surface area contributed by atoms with Crippen LogP contribution in [0.3, 0.4) is 0 Å². The van der Waals surface area contributed by atoms with Crippen LogP contribution in [0.4, 0.5) is 0 Å². The summed E-state index contributed by atoms with van der Waals surface area (Å²) >= 11 is 6.05. The van der Waals surface area contributed by atoms with E-state index in [4.69, 9.17) is 21.4 Å². The smallest absolute Gasteiger partial charge is 0.272 e. The highest BCUT2D eigenvalue weighted by Crippen LogP contribution is 2.33. The molecule has 1 saturated carbocycles. The third-order valence-electron chi connectivity index (χ3n) is 7.29. The number of carbonyl (C=O) groups excluding carboxylic acids is 1. The molecule has 2 atom stereocenters. The van der Waals surface area contributed by atoms with Gasteiger partial charge >= 0.3 is 0 Å². The molecule has 0 spiro atoms. The highest BCUT2D eigenvalue weighted by atomic mass is 35.5. The van der Waals surface area contributed by atoms with Gasteiger partial charge in [0.25, 0.3) is 5.91 Å². The summed E-state index contributed by atoms with van der Waals surface area (Å²) in [5.74, 6) is 0.643. The minimum atomic E-state index is -0.0594. The summed E-state index contributed by atoms with van der Waals surface area (Å²) in [6, 6.07) is 16.9. The topological polar surface area (TPSA) is 59.4 Å². The minimum absolute atomic E-state index is 0.0594. The molecule has 1 amide bonds. The molecule has 2 saturated heterocycles. The van der Waals surface area contributed by atoms with Crippen LogP contribution in [0, 0.1) is 5.92 Å². The molecule has 2 aliphatic heterocycles. The maximum Gasteiger partial charge on any atom is 0.272 e. The molecule has 2 unspecified atom stereocenters. The Labute approximate surface area is 198 Å². The van der Waals surface area contributed by atoms with Gasteiger partial charge in [0.05, 0.1) is 18.7 Å². The van der Waals surface area contributed by atoms with Crippen LogP contribution >= 0.6 is 11.6 Å². The minimum Gasteiger partial charge on any atom is -0.378 e. The van der Waals surface area contributed by atoms with E-state index in [2.05, 4.69) is 28.4 Å². The number of hydrogen-bond donors (Lipinski definition) is 1. The van der Waals surface area contributed by atoms with Crippen molar-refractivity contribution in [1.82, 2.24) is 20.0 Å². The van der Waals surface area contributed by atoms with Crippen LogP contribution in [-0.2, 0) is 17.8 Å². The number of benzene rings is 2. The van der Waals surface area contributed by atoms with Crippen molar-refractivity contribution < 1.29 is 9.53 Å². The van der Waals surface area contributed by atoms with Crippen molar-refractivity contribution in [3.63, 3.8) is 0 Å².